The van der Waals surface area contributed by atoms with Crippen LogP contribution in [-0.4, -0.2) is 29.8 Å². The molecule has 90 valence electrons. The summed E-state index contributed by atoms with van der Waals surface area (Å²) in [5, 5.41) is 0. The number of carbonyl (C=O) groups is 1. The Hall–Kier alpha value is -0.630. The lowest BCUT2D eigenvalue weighted by atomic mass is 9.76. The van der Waals surface area contributed by atoms with E-state index < -0.39 is 0 Å². The summed E-state index contributed by atoms with van der Waals surface area (Å²) in [7, 11) is 2.24. The lowest BCUT2D eigenvalue weighted by Crippen LogP contribution is -2.51. The number of Topliss-reactive ketones (excluding diaryl/α,β-unsaturated/α-hetero) is 1. The van der Waals surface area contributed by atoms with Crippen LogP contribution in [0.2, 0.25) is 0 Å². The van der Waals surface area contributed by atoms with E-state index in [0.717, 1.165) is 19.3 Å². The van der Waals surface area contributed by atoms with Crippen molar-refractivity contribution >= 4 is 5.78 Å². The van der Waals surface area contributed by atoms with Crippen LogP contribution >= 0.6 is 0 Å². The molecular formula is C14H23NO. The topological polar surface area (TPSA) is 20.3 Å². The Balaban J connectivity index is 1.93. The molecule has 2 bridgehead atoms. The highest BCUT2D eigenvalue weighted by atomic mass is 16.1. The van der Waals surface area contributed by atoms with Crippen molar-refractivity contribution in [2.75, 3.05) is 7.05 Å². The predicted molar refractivity (Wildman–Crippen MR) is 66.4 cm³/mol. The predicted octanol–water partition coefficient (Wildman–Crippen LogP) is 2.78. The highest BCUT2D eigenvalue weighted by Gasteiger charge is 2.37. The summed E-state index contributed by atoms with van der Waals surface area (Å²) in [5.74, 6) is 0.816. The van der Waals surface area contributed by atoms with Crippen molar-refractivity contribution < 1.29 is 4.79 Å². The average molecular weight is 221 g/mol. The first-order valence-electron chi connectivity index (χ1n) is 6.58. The number of rotatable bonds is 4. The van der Waals surface area contributed by atoms with Crippen LogP contribution in [0.5, 0.6) is 0 Å². The summed E-state index contributed by atoms with van der Waals surface area (Å²) in [6.07, 6.45) is 9.54. The molecular weight excluding hydrogens is 198 g/mol. The third-order valence-corrected chi connectivity index (χ3v) is 4.39. The zero-order chi connectivity index (χ0) is 11.5. The summed E-state index contributed by atoms with van der Waals surface area (Å²) in [5.41, 5.74) is 0. The molecule has 2 fully saturated rings. The van der Waals surface area contributed by atoms with E-state index in [-0.39, 0.29) is 0 Å². The van der Waals surface area contributed by atoms with E-state index in [1.807, 2.05) is 6.08 Å². The number of nitrogens with zero attached hydrogens (tertiary/aromatic N) is 1. The molecule has 2 rings (SSSR count). The van der Waals surface area contributed by atoms with Gasteiger partial charge in [-0.1, -0.05) is 12.5 Å². The fraction of sp³-hybridized carbons (Fsp3) is 0.786. The van der Waals surface area contributed by atoms with Gasteiger partial charge in [0.05, 0.1) is 0 Å². The van der Waals surface area contributed by atoms with Crippen LogP contribution in [0.1, 0.15) is 44.9 Å². The van der Waals surface area contributed by atoms with E-state index in [0.29, 0.717) is 30.2 Å². The van der Waals surface area contributed by atoms with E-state index in [9.17, 15) is 4.79 Å². The van der Waals surface area contributed by atoms with E-state index in [2.05, 4.69) is 18.5 Å². The van der Waals surface area contributed by atoms with Gasteiger partial charge < -0.3 is 4.90 Å². The second kappa shape index (κ2) is 5.13. The minimum absolute atomic E-state index is 0.339. The monoisotopic (exact) mass is 221 g/mol. The fourth-order valence-corrected chi connectivity index (χ4v) is 3.33. The first kappa shape index (κ1) is 11.8. The zero-order valence-corrected chi connectivity index (χ0v) is 10.3. The Morgan fingerprint density at radius 3 is 2.56 bits per heavy atom. The Bertz CT molecular complexity index is 260. The largest absolute Gasteiger partial charge is 0.300 e. The van der Waals surface area contributed by atoms with Crippen LogP contribution in [-0.2, 0) is 4.79 Å². The van der Waals surface area contributed by atoms with Crippen LogP contribution in [0, 0.1) is 5.92 Å². The number of hydrogen-bond donors (Lipinski definition) is 0. The van der Waals surface area contributed by atoms with Gasteiger partial charge in [0, 0.05) is 24.4 Å². The van der Waals surface area contributed by atoms with Crippen LogP contribution in [0.3, 0.4) is 0 Å². The van der Waals surface area contributed by atoms with Gasteiger partial charge in [0.25, 0.3) is 0 Å². The van der Waals surface area contributed by atoms with Gasteiger partial charge in [-0.2, -0.15) is 0 Å². The van der Waals surface area contributed by atoms with Gasteiger partial charge >= 0.3 is 0 Å². The quantitative estimate of drug-likeness (QED) is 0.680. The number of hydrogen-bond acceptors (Lipinski definition) is 2. The molecule has 0 aromatic rings. The van der Waals surface area contributed by atoms with Gasteiger partial charge in [-0.25, -0.2) is 0 Å². The van der Waals surface area contributed by atoms with E-state index in [1.165, 1.54) is 19.3 Å². The van der Waals surface area contributed by atoms with Gasteiger partial charge in [-0.3, -0.25) is 4.79 Å². The summed E-state index contributed by atoms with van der Waals surface area (Å²) in [6.45, 7) is 3.69. The van der Waals surface area contributed by atoms with Gasteiger partial charge in [-0.05, 0) is 39.2 Å². The molecule has 2 aliphatic rings. The normalized spacial score (nSPS) is 34.7. The molecule has 2 aliphatic heterocycles. The number of fused-ring (bicyclic) bond motifs is 2. The smallest absolute Gasteiger partial charge is 0.136 e. The van der Waals surface area contributed by atoms with Crippen LogP contribution in [0.15, 0.2) is 12.7 Å². The lowest BCUT2D eigenvalue weighted by molar-refractivity contribution is -0.126. The Morgan fingerprint density at radius 2 is 2.00 bits per heavy atom. The number of piperidine rings is 2. The van der Waals surface area contributed by atoms with Crippen molar-refractivity contribution in [3.05, 3.63) is 12.7 Å². The van der Waals surface area contributed by atoms with Gasteiger partial charge in [0.15, 0.2) is 0 Å². The lowest BCUT2D eigenvalue weighted by Gasteiger charge is -2.46. The molecule has 2 heteroatoms. The molecule has 0 aromatic carbocycles. The SMILES string of the molecule is C=CCCC(=O)C1CC2CCCC(C1)N2C. The first-order chi connectivity index (χ1) is 7.72. The van der Waals surface area contributed by atoms with Gasteiger partial charge in [0.1, 0.15) is 5.78 Å². The summed E-state index contributed by atoms with van der Waals surface area (Å²) < 4.78 is 0. The summed E-state index contributed by atoms with van der Waals surface area (Å²) >= 11 is 0. The van der Waals surface area contributed by atoms with Crippen LogP contribution < -0.4 is 0 Å². The average Bonchev–Trinajstić information content (AvgIpc) is 2.25. The van der Waals surface area contributed by atoms with Crippen molar-refractivity contribution in [2.45, 2.75) is 57.0 Å². The molecule has 0 amide bonds. The standard InChI is InChI=1S/C14H23NO/c1-3-4-8-14(16)11-9-12-6-5-7-13(10-11)15(12)2/h3,11-13H,1,4-10H2,2H3. The minimum Gasteiger partial charge on any atom is -0.300 e. The van der Waals surface area contributed by atoms with Crippen molar-refractivity contribution in [1.82, 2.24) is 4.90 Å². The van der Waals surface area contributed by atoms with Crippen molar-refractivity contribution in [3.8, 4) is 0 Å². The highest BCUT2D eigenvalue weighted by Crippen LogP contribution is 2.36. The molecule has 0 spiro atoms. The molecule has 0 N–H and O–H groups in total. The number of ketones is 1. The maximum Gasteiger partial charge on any atom is 0.136 e. The molecule has 2 saturated heterocycles. The van der Waals surface area contributed by atoms with Gasteiger partial charge in [-0.15, -0.1) is 6.58 Å². The molecule has 2 heterocycles. The first-order valence-corrected chi connectivity index (χ1v) is 6.58. The third kappa shape index (κ3) is 2.37. The van der Waals surface area contributed by atoms with Crippen molar-refractivity contribution in [1.29, 1.82) is 0 Å². The zero-order valence-electron chi connectivity index (χ0n) is 10.3. The van der Waals surface area contributed by atoms with Crippen LogP contribution in [0.25, 0.3) is 0 Å². The molecule has 0 saturated carbocycles. The minimum atomic E-state index is 0.339. The summed E-state index contributed by atoms with van der Waals surface area (Å²) in [4.78, 5) is 14.5. The van der Waals surface area contributed by atoms with E-state index in [1.54, 1.807) is 0 Å². The van der Waals surface area contributed by atoms with Crippen molar-refractivity contribution in [3.63, 3.8) is 0 Å². The molecule has 2 unspecified atom stereocenters. The molecule has 0 radical (unpaired) electrons. The second-order valence-corrected chi connectivity index (χ2v) is 5.37. The van der Waals surface area contributed by atoms with Crippen LogP contribution in [0.4, 0.5) is 0 Å². The number of allylic oxidation sites excluding steroid dienone is 1. The summed E-state index contributed by atoms with van der Waals surface area (Å²) in [6, 6.07) is 1.34. The Labute approximate surface area is 98.7 Å². The maximum absolute atomic E-state index is 12.0. The number of carbonyl (C=O) groups excluding carboxylic acids is 1. The second-order valence-electron chi connectivity index (χ2n) is 5.37. The van der Waals surface area contributed by atoms with Gasteiger partial charge in [0.2, 0.25) is 0 Å². The molecule has 16 heavy (non-hydrogen) atoms. The molecule has 2 nitrogen and oxygen atoms in total. The van der Waals surface area contributed by atoms with E-state index >= 15 is 0 Å². The van der Waals surface area contributed by atoms with E-state index in [4.69, 9.17) is 0 Å². The highest BCUT2D eigenvalue weighted by molar-refractivity contribution is 5.81. The maximum atomic E-state index is 12.0. The molecule has 0 aliphatic carbocycles. The molecule has 0 aromatic heterocycles. The Kier molecular flexibility index (Phi) is 3.80. The Morgan fingerprint density at radius 1 is 1.38 bits per heavy atom. The molecule has 2 atom stereocenters. The van der Waals surface area contributed by atoms with Crippen molar-refractivity contribution in [2.24, 2.45) is 5.92 Å². The fourth-order valence-electron chi connectivity index (χ4n) is 3.33. The third-order valence-electron chi connectivity index (χ3n) is 4.39.